The Hall–Kier alpha value is -2.06. The maximum Gasteiger partial charge on any atom is 0.268 e. The highest BCUT2D eigenvalue weighted by molar-refractivity contribution is 7.90. The van der Waals surface area contributed by atoms with Gasteiger partial charge in [0.1, 0.15) is 5.75 Å². The van der Waals surface area contributed by atoms with Gasteiger partial charge in [0.05, 0.1) is 17.5 Å². The first-order chi connectivity index (χ1) is 14.3. The van der Waals surface area contributed by atoms with Crippen LogP contribution in [0.15, 0.2) is 47.5 Å². The largest absolute Gasteiger partial charge is 0.497 e. The molecule has 2 heterocycles. The van der Waals surface area contributed by atoms with Gasteiger partial charge in [0, 0.05) is 49.3 Å². The number of rotatable bonds is 5. The molecule has 4 rings (SSSR count). The predicted molar refractivity (Wildman–Crippen MR) is 120 cm³/mol. The van der Waals surface area contributed by atoms with Crippen molar-refractivity contribution in [2.45, 2.75) is 18.4 Å². The number of fused-ring (bicyclic) bond motifs is 1. The summed E-state index contributed by atoms with van der Waals surface area (Å²) in [7, 11) is -0.0580. The molecule has 0 unspecified atom stereocenters. The fraction of sp³-hybridized carbons (Fsp3) is 0.364. The standard InChI is InChI=1S/C22H26ClN3O3S/c1-16-14-26(22-7-4-18(29-3)13-20(16)22)30(27,28)19-5-6-21(23)17(12-19)15-25-10-8-24(2)9-11-25/h4-7,12-14H,8-11,15H2,1-3H3. The highest BCUT2D eigenvalue weighted by Crippen LogP contribution is 2.30. The minimum Gasteiger partial charge on any atom is -0.497 e. The van der Waals surface area contributed by atoms with Crippen molar-refractivity contribution in [2.24, 2.45) is 0 Å². The fourth-order valence-corrected chi connectivity index (χ4v) is 5.51. The third-order valence-corrected chi connectivity index (χ3v) is 7.78. The van der Waals surface area contributed by atoms with Gasteiger partial charge in [-0.1, -0.05) is 11.6 Å². The summed E-state index contributed by atoms with van der Waals surface area (Å²) in [5.41, 5.74) is 2.33. The van der Waals surface area contributed by atoms with Crippen molar-refractivity contribution in [1.82, 2.24) is 13.8 Å². The lowest BCUT2D eigenvalue weighted by Crippen LogP contribution is -2.43. The number of hydrogen-bond donors (Lipinski definition) is 0. The highest BCUT2D eigenvalue weighted by atomic mass is 35.5. The molecule has 0 atom stereocenters. The number of methoxy groups -OCH3 is 1. The van der Waals surface area contributed by atoms with Crippen LogP contribution in [0.25, 0.3) is 10.9 Å². The van der Waals surface area contributed by atoms with E-state index in [1.165, 1.54) is 3.97 Å². The Bertz CT molecular complexity index is 1180. The summed E-state index contributed by atoms with van der Waals surface area (Å²) in [5.74, 6) is 0.696. The van der Waals surface area contributed by atoms with E-state index < -0.39 is 10.0 Å². The Labute approximate surface area is 182 Å². The van der Waals surface area contributed by atoms with E-state index in [1.807, 2.05) is 13.0 Å². The lowest BCUT2D eigenvalue weighted by molar-refractivity contribution is 0.148. The first-order valence-electron chi connectivity index (χ1n) is 9.90. The molecule has 1 saturated heterocycles. The van der Waals surface area contributed by atoms with Gasteiger partial charge in [-0.15, -0.1) is 0 Å². The summed E-state index contributed by atoms with van der Waals surface area (Å²) in [6.07, 6.45) is 1.66. The van der Waals surface area contributed by atoms with Crippen molar-refractivity contribution >= 4 is 32.5 Å². The minimum absolute atomic E-state index is 0.240. The second-order valence-corrected chi connectivity index (χ2v) is 10.1. The molecule has 2 aromatic carbocycles. The number of nitrogens with zero attached hydrogens (tertiary/aromatic N) is 3. The molecule has 0 saturated carbocycles. The molecule has 0 aliphatic carbocycles. The van der Waals surface area contributed by atoms with Crippen molar-refractivity contribution < 1.29 is 13.2 Å². The molecule has 0 radical (unpaired) electrons. The van der Waals surface area contributed by atoms with Gasteiger partial charge in [-0.2, -0.15) is 0 Å². The van der Waals surface area contributed by atoms with Crippen LogP contribution in [0.2, 0.25) is 5.02 Å². The van der Waals surface area contributed by atoms with E-state index in [-0.39, 0.29) is 4.90 Å². The van der Waals surface area contributed by atoms with Crippen LogP contribution < -0.4 is 4.74 Å². The van der Waals surface area contributed by atoms with Gasteiger partial charge in [0.15, 0.2) is 0 Å². The quantitative estimate of drug-likeness (QED) is 0.598. The Morgan fingerprint density at radius 3 is 2.50 bits per heavy atom. The number of aryl methyl sites for hydroxylation is 1. The van der Waals surface area contributed by atoms with Gasteiger partial charge in [-0.25, -0.2) is 12.4 Å². The smallest absolute Gasteiger partial charge is 0.268 e. The van der Waals surface area contributed by atoms with E-state index in [0.717, 1.165) is 42.7 Å². The second kappa shape index (κ2) is 8.23. The Balaban J connectivity index is 1.70. The molecule has 0 spiro atoms. The molecule has 8 heteroatoms. The number of halogens is 1. The third-order valence-electron chi connectivity index (χ3n) is 5.74. The van der Waals surface area contributed by atoms with Crippen LogP contribution in [0.4, 0.5) is 0 Å². The summed E-state index contributed by atoms with van der Waals surface area (Å²) >= 11 is 6.42. The van der Waals surface area contributed by atoms with E-state index >= 15 is 0 Å². The number of piperazine rings is 1. The first-order valence-corrected chi connectivity index (χ1v) is 11.7. The van der Waals surface area contributed by atoms with Gasteiger partial charge < -0.3 is 9.64 Å². The average Bonchev–Trinajstić information content (AvgIpc) is 3.08. The monoisotopic (exact) mass is 447 g/mol. The Kier molecular flexibility index (Phi) is 5.81. The zero-order valence-electron chi connectivity index (χ0n) is 17.4. The average molecular weight is 448 g/mol. The van der Waals surface area contributed by atoms with E-state index in [4.69, 9.17) is 16.3 Å². The summed E-state index contributed by atoms with van der Waals surface area (Å²) < 4.78 is 33.6. The van der Waals surface area contributed by atoms with Gasteiger partial charge in [0.25, 0.3) is 10.0 Å². The fourth-order valence-electron chi connectivity index (χ4n) is 3.86. The van der Waals surface area contributed by atoms with E-state index in [0.29, 0.717) is 22.8 Å². The van der Waals surface area contributed by atoms with Crippen molar-refractivity contribution in [2.75, 3.05) is 40.3 Å². The second-order valence-electron chi connectivity index (χ2n) is 7.83. The predicted octanol–water partition coefficient (Wildman–Crippen LogP) is 3.60. The highest BCUT2D eigenvalue weighted by Gasteiger charge is 2.23. The molecule has 1 aliphatic heterocycles. The normalized spacial score (nSPS) is 16.3. The molecule has 1 aromatic heterocycles. The molecular formula is C22H26ClN3O3S. The number of hydrogen-bond acceptors (Lipinski definition) is 5. The molecule has 6 nitrogen and oxygen atoms in total. The Morgan fingerprint density at radius 2 is 1.80 bits per heavy atom. The Morgan fingerprint density at radius 1 is 1.07 bits per heavy atom. The van der Waals surface area contributed by atoms with Gasteiger partial charge >= 0.3 is 0 Å². The number of aromatic nitrogens is 1. The van der Waals surface area contributed by atoms with Gasteiger partial charge in [0.2, 0.25) is 0 Å². The number of ether oxygens (including phenoxy) is 1. The van der Waals surface area contributed by atoms with E-state index in [9.17, 15) is 8.42 Å². The number of likely N-dealkylation sites (N-methyl/N-ethyl adjacent to an activating group) is 1. The van der Waals surface area contributed by atoms with Gasteiger partial charge in [-0.3, -0.25) is 4.90 Å². The summed E-state index contributed by atoms with van der Waals surface area (Å²) in [4.78, 5) is 4.83. The van der Waals surface area contributed by atoms with Crippen LogP contribution in [0.5, 0.6) is 5.75 Å². The van der Waals surface area contributed by atoms with Crippen LogP contribution >= 0.6 is 11.6 Å². The molecule has 0 N–H and O–H groups in total. The van der Waals surface area contributed by atoms with Crippen molar-refractivity contribution in [3.8, 4) is 5.75 Å². The van der Waals surface area contributed by atoms with Crippen LogP contribution in [0, 0.1) is 6.92 Å². The SMILES string of the molecule is COc1ccc2c(c1)c(C)cn2S(=O)(=O)c1ccc(Cl)c(CN2CCN(C)CC2)c1. The van der Waals surface area contributed by atoms with Crippen molar-refractivity contribution in [3.05, 3.63) is 58.7 Å². The van der Waals surface area contributed by atoms with Crippen LogP contribution in [0.1, 0.15) is 11.1 Å². The van der Waals surface area contributed by atoms with Crippen LogP contribution in [0.3, 0.4) is 0 Å². The third kappa shape index (κ3) is 3.95. The maximum atomic E-state index is 13.5. The molecular weight excluding hydrogens is 422 g/mol. The molecule has 0 bridgehead atoms. The molecule has 0 amide bonds. The van der Waals surface area contributed by atoms with Crippen LogP contribution in [-0.2, 0) is 16.6 Å². The van der Waals surface area contributed by atoms with Gasteiger partial charge in [-0.05, 0) is 61.5 Å². The lowest BCUT2D eigenvalue weighted by Gasteiger charge is -2.32. The van der Waals surface area contributed by atoms with Crippen LogP contribution in [-0.4, -0.2) is 62.5 Å². The molecule has 30 heavy (non-hydrogen) atoms. The molecule has 160 valence electrons. The topological polar surface area (TPSA) is 54.8 Å². The van der Waals surface area contributed by atoms with Crippen molar-refractivity contribution in [1.29, 1.82) is 0 Å². The molecule has 3 aromatic rings. The van der Waals surface area contributed by atoms with E-state index in [1.54, 1.807) is 43.6 Å². The lowest BCUT2D eigenvalue weighted by atomic mass is 10.2. The summed E-state index contributed by atoms with van der Waals surface area (Å²) in [5, 5.41) is 1.44. The summed E-state index contributed by atoms with van der Waals surface area (Å²) in [6, 6.07) is 10.4. The summed E-state index contributed by atoms with van der Waals surface area (Å²) in [6.45, 7) is 6.40. The minimum atomic E-state index is -3.76. The zero-order chi connectivity index (χ0) is 21.5. The molecule has 1 fully saturated rings. The number of benzene rings is 2. The molecule has 1 aliphatic rings. The first kappa shape index (κ1) is 21.2. The van der Waals surface area contributed by atoms with E-state index in [2.05, 4.69) is 16.8 Å². The zero-order valence-corrected chi connectivity index (χ0v) is 19.0. The van der Waals surface area contributed by atoms with Crippen molar-refractivity contribution in [3.63, 3.8) is 0 Å². The maximum absolute atomic E-state index is 13.5.